The Bertz CT molecular complexity index is 967. The highest BCUT2D eigenvalue weighted by Gasteiger charge is 2.30. The standard InChI is InChI=1S/C15H13ClN6O4/c1-26-15-13(22(24)25)12(19-20-15)14(23)18-11-4-2-3-9(5-11)7-21-8-10(16)6-17-21/h2-6,8H,7H2,1H3,(H,18,23)(H,19,20). The molecule has 0 aliphatic rings. The predicted molar refractivity (Wildman–Crippen MR) is 92.5 cm³/mol. The first-order valence-electron chi connectivity index (χ1n) is 7.33. The lowest BCUT2D eigenvalue weighted by atomic mass is 10.2. The van der Waals surface area contributed by atoms with E-state index in [4.69, 9.17) is 16.3 Å². The van der Waals surface area contributed by atoms with Crippen molar-refractivity contribution in [1.82, 2.24) is 20.0 Å². The molecule has 3 rings (SSSR count). The van der Waals surface area contributed by atoms with Crippen molar-refractivity contribution < 1.29 is 14.5 Å². The number of carbonyl (C=O) groups is 1. The molecule has 0 saturated carbocycles. The highest BCUT2D eigenvalue weighted by atomic mass is 35.5. The molecule has 0 aliphatic carbocycles. The van der Waals surface area contributed by atoms with Crippen LogP contribution in [-0.4, -0.2) is 37.9 Å². The summed E-state index contributed by atoms with van der Waals surface area (Å²) in [6.45, 7) is 0.453. The molecule has 3 aromatic rings. The number of nitrogens with zero attached hydrogens (tertiary/aromatic N) is 4. The molecule has 0 fully saturated rings. The van der Waals surface area contributed by atoms with Gasteiger partial charge in [0.1, 0.15) is 0 Å². The molecule has 0 radical (unpaired) electrons. The van der Waals surface area contributed by atoms with Crippen molar-refractivity contribution in [1.29, 1.82) is 0 Å². The Morgan fingerprint density at radius 1 is 1.50 bits per heavy atom. The van der Waals surface area contributed by atoms with E-state index in [2.05, 4.69) is 20.6 Å². The fourth-order valence-electron chi connectivity index (χ4n) is 2.34. The van der Waals surface area contributed by atoms with E-state index in [1.54, 1.807) is 29.1 Å². The van der Waals surface area contributed by atoms with Crippen LogP contribution in [-0.2, 0) is 6.54 Å². The summed E-state index contributed by atoms with van der Waals surface area (Å²) in [5.41, 5.74) is 0.510. The molecule has 11 heteroatoms. The second-order valence-corrected chi connectivity index (χ2v) is 5.66. The van der Waals surface area contributed by atoms with Crippen LogP contribution in [0.15, 0.2) is 36.7 Å². The topological polar surface area (TPSA) is 128 Å². The maximum atomic E-state index is 12.4. The van der Waals surface area contributed by atoms with E-state index < -0.39 is 16.5 Å². The number of methoxy groups -OCH3 is 1. The maximum absolute atomic E-state index is 12.4. The molecule has 1 aromatic carbocycles. The van der Waals surface area contributed by atoms with Crippen LogP contribution in [0.5, 0.6) is 5.88 Å². The lowest BCUT2D eigenvalue weighted by Crippen LogP contribution is -2.14. The highest BCUT2D eigenvalue weighted by Crippen LogP contribution is 2.28. The predicted octanol–water partition coefficient (Wildman–Crippen LogP) is 2.48. The van der Waals surface area contributed by atoms with Gasteiger partial charge in [-0.15, -0.1) is 5.10 Å². The van der Waals surface area contributed by atoms with Gasteiger partial charge in [-0.25, -0.2) is 0 Å². The second-order valence-electron chi connectivity index (χ2n) is 5.22. The first-order chi connectivity index (χ1) is 12.5. The van der Waals surface area contributed by atoms with Crippen molar-refractivity contribution in [2.45, 2.75) is 6.54 Å². The quantitative estimate of drug-likeness (QED) is 0.502. The number of anilines is 1. The first-order valence-corrected chi connectivity index (χ1v) is 7.70. The Morgan fingerprint density at radius 2 is 2.31 bits per heavy atom. The minimum Gasteiger partial charge on any atom is -0.475 e. The summed E-state index contributed by atoms with van der Waals surface area (Å²) in [5.74, 6) is -0.962. The summed E-state index contributed by atoms with van der Waals surface area (Å²) in [5, 5.41) is 24.3. The molecule has 1 amide bonds. The van der Waals surface area contributed by atoms with Crippen molar-refractivity contribution in [2.24, 2.45) is 0 Å². The molecule has 134 valence electrons. The van der Waals surface area contributed by atoms with Crippen LogP contribution >= 0.6 is 11.6 Å². The van der Waals surface area contributed by atoms with Gasteiger partial charge in [0.2, 0.25) is 5.69 Å². The van der Waals surface area contributed by atoms with E-state index in [1.807, 2.05) is 6.07 Å². The number of amides is 1. The number of ether oxygens (including phenoxy) is 1. The van der Waals surface area contributed by atoms with Crippen molar-refractivity contribution in [3.63, 3.8) is 0 Å². The summed E-state index contributed by atoms with van der Waals surface area (Å²) in [6, 6.07) is 6.99. The van der Waals surface area contributed by atoms with Crippen LogP contribution < -0.4 is 10.1 Å². The number of aromatic nitrogens is 4. The molecule has 2 N–H and O–H groups in total. The number of carbonyl (C=O) groups excluding carboxylic acids is 1. The molecule has 0 spiro atoms. The van der Waals surface area contributed by atoms with Crippen molar-refractivity contribution in [2.75, 3.05) is 12.4 Å². The van der Waals surface area contributed by atoms with Gasteiger partial charge < -0.3 is 10.1 Å². The fraction of sp³-hybridized carbons (Fsp3) is 0.133. The third kappa shape index (κ3) is 3.64. The van der Waals surface area contributed by atoms with Crippen molar-refractivity contribution in [3.8, 4) is 5.88 Å². The number of hydrogen-bond donors (Lipinski definition) is 2. The fourth-order valence-corrected chi connectivity index (χ4v) is 2.50. The number of aromatic amines is 1. The molecule has 10 nitrogen and oxygen atoms in total. The maximum Gasteiger partial charge on any atom is 0.362 e. The van der Waals surface area contributed by atoms with E-state index >= 15 is 0 Å². The summed E-state index contributed by atoms with van der Waals surface area (Å²) in [6.07, 6.45) is 3.20. The normalized spacial score (nSPS) is 10.5. The van der Waals surface area contributed by atoms with Crippen LogP contribution in [0.2, 0.25) is 5.02 Å². The average molecular weight is 377 g/mol. The van der Waals surface area contributed by atoms with Gasteiger partial charge in [-0.05, 0) is 17.7 Å². The molecule has 2 heterocycles. The lowest BCUT2D eigenvalue weighted by molar-refractivity contribution is -0.386. The number of nitrogens with one attached hydrogen (secondary N) is 2. The van der Waals surface area contributed by atoms with Crippen LogP contribution in [0.3, 0.4) is 0 Å². The Labute approximate surface area is 151 Å². The summed E-state index contributed by atoms with van der Waals surface area (Å²) in [4.78, 5) is 22.8. The average Bonchev–Trinajstić information content (AvgIpc) is 3.21. The largest absolute Gasteiger partial charge is 0.475 e. The van der Waals surface area contributed by atoms with E-state index in [0.29, 0.717) is 17.3 Å². The first kappa shape index (κ1) is 17.4. The molecular formula is C15H13ClN6O4. The Hall–Kier alpha value is -3.40. The van der Waals surface area contributed by atoms with Crippen LogP contribution in [0.4, 0.5) is 11.4 Å². The Kier molecular flexibility index (Phi) is 4.85. The number of rotatable bonds is 6. The van der Waals surface area contributed by atoms with Crippen LogP contribution in [0.25, 0.3) is 0 Å². The summed E-state index contributed by atoms with van der Waals surface area (Å²) in [7, 11) is 1.23. The smallest absolute Gasteiger partial charge is 0.362 e. The molecule has 2 aromatic heterocycles. The Balaban J connectivity index is 1.79. The molecule has 0 saturated heterocycles. The Morgan fingerprint density at radius 3 is 2.96 bits per heavy atom. The molecule has 0 atom stereocenters. The molecular weight excluding hydrogens is 364 g/mol. The minimum atomic E-state index is -0.727. The van der Waals surface area contributed by atoms with Gasteiger partial charge >= 0.3 is 11.6 Å². The summed E-state index contributed by atoms with van der Waals surface area (Å²) < 4.78 is 6.44. The van der Waals surface area contributed by atoms with Gasteiger partial charge in [0.25, 0.3) is 5.91 Å². The van der Waals surface area contributed by atoms with Crippen LogP contribution in [0.1, 0.15) is 16.1 Å². The van der Waals surface area contributed by atoms with E-state index in [0.717, 1.165) is 5.56 Å². The monoisotopic (exact) mass is 376 g/mol. The third-order valence-corrected chi connectivity index (χ3v) is 3.64. The number of hydrogen-bond acceptors (Lipinski definition) is 6. The van der Waals surface area contributed by atoms with Gasteiger partial charge in [-0.3, -0.25) is 24.7 Å². The van der Waals surface area contributed by atoms with E-state index in [-0.39, 0.29) is 11.6 Å². The lowest BCUT2D eigenvalue weighted by Gasteiger charge is -2.07. The van der Waals surface area contributed by atoms with Gasteiger partial charge in [0.05, 0.1) is 29.8 Å². The van der Waals surface area contributed by atoms with Gasteiger partial charge in [0, 0.05) is 11.9 Å². The minimum absolute atomic E-state index is 0.260. The van der Waals surface area contributed by atoms with E-state index in [9.17, 15) is 14.9 Å². The van der Waals surface area contributed by atoms with Gasteiger partial charge in [0.15, 0.2) is 0 Å². The third-order valence-electron chi connectivity index (χ3n) is 3.44. The number of nitro groups is 1. The number of benzene rings is 1. The second kappa shape index (κ2) is 7.23. The molecule has 0 aliphatic heterocycles. The van der Waals surface area contributed by atoms with Crippen molar-refractivity contribution in [3.05, 3.63) is 63.1 Å². The molecule has 0 bridgehead atoms. The number of H-pyrrole nitrogens is 1. The van der Waals surface area contributed by atoms with E-state index in [1.165, 1.54) is 13.3 Å². The van der Waals surface area contributed by atoms with Crippen molar-refractivity contribution >= 4 is 28.9 Å². The summed E-state index contributed by atoms with van der Waals surface area (Å²) >= 11 is 5.83. The molecule has 26 heavy (non-hydrogen) atoms. The zero-order valence-electron chi connectivity index (χ0n) is 13.5. The zero-order valence-corrected chi connectivity index (χ0v) is 14.2. The SMILES string of the molecule is COc1n[nH]c(C(=O)Nc2cccc(Cn3cc(Cl)cn3)c2)c1[N+](=O)[O-]. The molecule has 0 unspecified atom stereocenters. The van der Waals surface area contributed by atoms with Crippen LogP contribution in [0, 0.1) is 10.1 Å². The van der Waals surface area contributed by atoms with Gasteiger partial charge in [-0.2, -0.15) is 5.10 Å². The van der Waals surface area contributed by atoms with Gasteiger partial charge in [-0.1, -0.05) is 23.7 Å². The number of halogens is 1. The highest BCUT2D eigenvalue weighted by molar-refractivity contribution is 6.30. The zero-order chi connectivity index (χ0) is 18.7.